The molecule has 0 heterocycles. The van der Waals surface area contributed by atoms with Gasteiger partial charge in [-0.3, -0.25) is 0 Å². The van der Waals surface area contributed by atoms with Gasteiger partial charge in [0.1, 0.15) is 0 Å². The highest BCUT2D eigenvalue weighted by Gasteiger charge is 2.19. The normalized spacial score (nSPS) is 15.4. The minimum absolute atomic E-state index is 0.0776. The number of hydrogen-bond acceptors (Lipinski definition) is 2. The molecule has 3 unspecified atom stereocenters. The first-order valence-corrected chi connectivity index (χ1v) is 11.8. The van der Waals surface area contributed by atoms with Crippen LogP contribution in [0.15, 0.2) is 0 Å². The third-order valence-electron chi connectivity index (χ3n) is 5.15. The monoisotopic (exact) mass is 386 g/mol. The fraction of sp³-hybridized carbons (Fsp3) is 1.00. The zero-order valence-corrected chi connectivity index (χ0v) is 20.4. The van der Waals surface area contributed by atoms with Crippen molar-refractivity contribution in [3.63, 3.8) is 0 Å². The van der Waals surface area contributed by atoms with Gasteiger partial charge in [-0.1, -0.05) is 87.0 Å². The Bertz CT molecular complexity index is 304. The van der Waals surface area contributed by atoms with Crippen molar-refractivity contribution in [2.24, 2.45) is 23.7 Å². The summed E-state index contributed by atoms with van der Waals surface area (Å²) in [6, 6.07) is 0. The summed E-state index contributed by atoms with van der Waals surface area (Å²) in [5.74, 6) is 2.63. The average molecular weight is 387 g/mol. The van der Waals surface area contributed by atoms with Crippen LogP contribution in [0.25, 0.3) is 0 Å². The minimum Gasteiger partial charge on any atom is -0.393 e. The second kappa shape index (κ2) is 16.8. The fourth-order valence-corrected chi connectivity index (χ4v) is 3.99. The van der Waals surface area contributed by atoms with Gasteiger partial charge in [0.05, 0.1) is 11.7 Å². The van der Waals surface area contributed by atoms with E-state index in [9.17, 15) is 10.2 Å². The maximum atomic E-state index is 9.68. The summed E-state index contributed by atoms with van der Waals surface area (Å²) in [6.07, 6.45) is 12.3. The summed E-state index contributed by atoms with van der Waals surface area (Å²) in [4.78, 5) is 0. The van der Waals surface area contributed by atoms with E-state index >= 15 is 0 Å². The molecule has 0 saturated carbocycles. The third-order valence-corrected chi connectivity index (χ3v) is 5.15. The molecule has 0 aromatic carbocycles. The molecule has 0 aliphatic rings. The number of aliphatic hydroxyl groups excluding tert-OH is 1. The molecule has 0 radical (unpaired) electrons. The van der Waals surface area contributed by atoms with Crippen LogP contribution in [-0.4, -0.2) is 21.9 Å². The van der Waals surface area contributed by atoms with Crippen LogP contribution in [0.3, 0.4) is 0 Å². The van der Waals surface area contributed by atoms with E-state index < -0.39 is 5.60 Å². The van der Waals surface area contributed by atoms with Crippen molar-refractivity contribution in [1.29, 1.82) is 0 Å². The van der Waals surface area contributed by atoms with Crippen molar-refractivity contribution in [2.45, 2.75) is 138 Å². The Balaban J connectivity index is 0. The molecule has 3 atom stereocenters. The van der Waals surface area contributed by atoms with Crippen LogP contribution < -0.4 is 0 Å². The van der Waals surface area contributed by atoms with Crippen molar-refractivity contribution in [3.05, 3.63) is 0 Å². The quantitative estimate of drug-likeness (QED) is 0.301. The molecule has 2 nitrogen and oxygen atoms in total. The lowest BCUT2D eigenvalue weighted by molar-refractivity contribution is 0.0512. The topological polar surface area (TPSA) is 40.5 Å². The molecule has 0 bridgehead atoms. The van der Waals surface area contributed by atoms with E-state index in [1.807, 2.05) is 13.8 Å². The van der Waals surface area contributed by atoms with E-state index in [1.165, 1.54) is 51.4 Å². The Labute approximate surface area is 172 Å². The van der Waals surface area contributed by atoms with Gasteiger partial charge in [-0.2, -0.15) is 0 Å². The molecule has 0 aliphatic carbocycles. The molecule has 0 saturated heterocycles. The first kappa shape index (κ1) is 29.1. The molecule has 2 heteroatoms. The zero-order valence-electron chi connectivity index (χ0n) is 20.4. The lowest BCUT2D eigenvalue weighted by Gasteiger charge is -2.24. The molecule has 0 aromatic heterocycles. The molecule has 0 aromatic rings. The van der Waals surface area contributed by atoms with Gasteiger partial charge < -0.3 is 10.2 Å². The van der Waals surface area contributed by atoms with Crippen LogP contribution in [0.1, 0.15) is 127 Å². The largest absolute Gasteiger partial charge is 0.393 e. The molecule has 0 fully saturated rings. The highest BCUT2D eigenvalue weighted by molar-refractivity contribution is 4.71. The standard InChI is InChI=1S/C13H28O.C12H26O/c1-10(2)7-11(3)8-12(4)9-13(5,6)14;1-4-5-6-7-8-9-10-12(13)11(2)3/h10-12,14H,7-9H2,1-6H3;11-13H,4-10H2,1-3H3. The van der Waals surface area contributed by atoms with Gasteiger partial charge in [0.15, 0.2) is 0 Å². The Kier molecular flexibility index (Phi) is 18.2. The van der Waals surface area contributed by atoms with E-state index in [4.69, 9.17) is 0 Å². The predicted molar refractivity (Wildman–Crippen MR) is 122 cm³/mol. The van der Waals surface area contributed by atoms with Crippen molar-refractivity contribution < 1.29 is 10.2 Å². The summed E-state index contributed by atoms with van der Waals surface area (Å²) < 4.78 is 0. The van der Waals surface area contributed by atoms with Gasteiger partial charge in [-0.25, -0.2) is 0 Å². The van der Waals surface area contributed by atoms with Crippen LogP contribution in [0.5, 0.6) is 0 Å². The predicted octanol–water partition coefficient (Wildman–Crippen LogP) is 7.61. The first-order valence-electron chi connectivity index (χ1n) is 11.8. The molecule has 0 rings (SSSR count). The number of rotatable bonds is 14. The smallest absolute Gasteiger partial charge is 0.0594 e. The highest BCUT2D eigenvalue weighted by atomic mass is 16.3. The summed E-state index contributed by atoms with van der Waals surface area (Å²) in [5.41, 5.74) is -0.503. The van der Waals surface area contributed by atoms with Gasteiger partial charge in [0.25, 0.3) is 0 Å². The van der Waals surface area contributed by atoms with Crippen LogP contribution in [-0.2, 0) is 0 Å². The van der Waals surface area contributed by atoms with Crippen molar-refractivity contribution in [2.75, 3.05) is 0 Å². The molecule has 2 N–H and O–H groups in total. The Morgan fingerprint density at radius 2 is 1.26 bits per heavy atom. The molecule has 166 valence electrons. The molecule has 0 amide bonds. The zero-order chi connectivity index (χ0) is 21.5. The lowest BCUT2D eigenvalue weighted by Crippen LogP contribution is -2.23. The summed E-state index contributed by atoms with van der Waals surface area (Å²) >= 11 is 0. The Morgan fingerprint density at radius 3 is 1.70 bits per heavy atom. The van der Waals surface area contributed by atoms with Gasteiger partial charge >= 0.3 is 0 Å². The highest BCUT2D eigenvalue weighted by Crippen LogP contribution is 2.25. The number of hydrogen-bond donors (Lipinski definition) is 2. The maximum Gasteiger partial charge on any atom is 0.0594 e. The summed E-state index contributed by atoms with van der Waals surface area (Å²) in [7, 11) is 0. The lowest BCUT2D eigenvalue weighted by atomic mass is 9.85. The van der Waals surface area contributed by atoms with Crippen LogP contribution in [0.4, 0.5) is 0 Å². The third kappa shape index (κ3) is 23.9. The van der Waals surface area contributed by atoms with E-state index in [0.717, 1.165) is 24.7 Å². The van der Waals surface area contributed by atoms with Crippen molar-refractivity contribution >= 4 is 0 Å². The molecule has 0 spiro atoms. The van der Waals surface area contributed by atoms with Gasteiger partial charge in [0, 0.05) is 0 Å². The van der Waals surface area contributed by atoms with E-state index in [1.54, 1.807) is 0 Å². The van der Waals surface area contributed by atoms with Crippen molar-refractivity contribution in [3.8, 4) is 0 Å². The van der Waals surface area contributed by atoms with Crippen molar-refractivity contribution in [1.82, 2.24) is 0 Å². The maximum absolute atomic E-state index is 9.68. The van der Waals surface area contributed by atoms with Gasteiger partial charge in [-0.05, 0) is 63.2 Å². The van der Waals surface area contributed by atoms with E-state index in [2.05, 4.69) is 48.5 Å². The van der Waals surface area contributed by atoms with E-state index in [0.29, 0.717) is 11.8 Å². The summed E-state index contributed by atoms with van der Waals surface area (Å²) in [5, 5.41) is 19.2. The van der Waals surface area contributed by atoms with Crippen LogP contribution in [0.2, 0.25) is 0 Å². The SMILES string of the molecule is CC(C)CC(C)CC(C)CC(C)(C)O.CCCCCCCCC(O)C(C)C. The number of aliphatic hydroxyl groups is 2. The Morgan fingerprint density at radius 1 is 0.741 bits per heavy atom. The summed E-state index contributed by atoms with van der Waals surface area (Å²) in [6.45, 7) is 19.3. The average Bonchev–Trinajstić information content (AvgIpc) is 2.48. The number of unbranched alkanes of at least 4 members (excludes halogenated alkanes) is 5. The minimum atomic E-state index is -0.503. The second-order valence-electron chi connectivity index (χ2n) is 10.5. The van der Waals surface area contributed by atoms with Gasteiger partial charge in [0.2, 0.25) is 0 Å². The second-order valence-corrected chi connectivity index (χ2v) is 10.5. The molecular weight excluding hydrogens is 332 g/mol. The molecule has 27 heavy (non-hydrogen) atoms. The molecule has 0 aliphatic heterocycles. The van der Waals surface area contributed by atoms with E-state index in [-0.39, 0.29) is 6.10 Å². The Hall–Kier alpha value is -0.0800. The van der Waals surface area contributed by atoms with Gasteiger partial charge in [-0.15, -0.1) is 0 Å². The molecular formula is C25H54O2. The first-order chi connectivity index (χ1) is 12.4. The fourth-order valence-electron chi connectivity index (χ4n) is 3.99. The van der Waals surface area contributed by atoms with Crippen LogP contribution >= 0.6 is 0 Å². The van der Waals surface area contributed by atoms with Crippen LogP contribution in [0, 0.1) is 23.7 Å².